The van der Waals surface area contributed by atoms with Gasteiger partial charge >= 0.3 is 0 Å². The molecule has 0 bridgehead atoms. The molecule has 0 unspecified atom stereocenters. The molecular formula is C15H18IN5O2. The lowest BCUT2D eigenvalue weighted by Gasteiger charge is -2.11. The van der Waals surface area contributed by atoms with Gasteiger partial charge in [0, 0.05) is 31.9 Å². The second-order valence-electron chi connectivity index (χ2n) is 4.53. The van der Waals surface area contributed by atoms with Gasteiger partial charge < -0.3 is 10.6 Å². The number of nitro groups is 1. The Bertz CT molecular complexity index is 664. The minimum absolute atomic E-state index is 0. The Labute approximate surface area is 151 Å². The van der Waals surface area contributed by atoms with Gasteiger partial charge in [0.05, 0.1) is 17.2 Å². The van der Waals surface area contributed by atoms with E-state index in [1.807, 2.05) is 24.3 Å². The van der Waals surface area contributed by atoms with Crippen molar-refractivity contribution in [3.63, 3.8) is 0 Å². The van der Waals surface area contributed by atoms with Gasteiger partial charge in [0.25, 0.3) is 5.69 Å². The molecule has 23 heavy (non-hydrogen) atoms. The van der Waals surface area contributed by atoms with Gasteiger partial charge in [-0.2, -0.15) is 0 Å². The molecule has 0 atom stereocenters. The number of hydrogen-bond donors (Lipinski definition) is 2. The molecule has 1 aromatic heterocycles. The van der Waals surface area contributed by atoms with Gasteiger partial charge in [0.1, 0.15) is 0 Å². The van der Waals surface area contributed by atoms with E-state index in [0.717, 1.165) is 11.3 Å². The summed E-state index contributed by atoms with van der Waals surface area (Å²) in [6.07, 6.45) is 1.73. The maximum absolute atomic E-state index is 10.7. The first kappa shape index (κ1) is 18.8. The van der Waals surface area contributed by atoms with Gasteiger partial charge in [-0.3, -0.25) is 20.1 Å². The number of nitrogens with zero attached hydrogens (tertiary/aromatic N) is 3. The number of guanidine groups is 1. The fraction of sp³-hybridized carbons (Fsp3) is 0.200. The summed E-state index contributed by atoms with van der Waals surface area (Å²) in [6.45, 7) is 0.999. The number of nitrogens with one attached hydrogen (secondary N) is 2. The summed E-state index contributed by atoms with van der Waals surface area (Å²) in [5.74, 6) is 0.608. The van der Waals surface area contributed by atoms with E-state index in [4.69, 9.17) is 0 Å². The zero-order valence-electron chi connectivity index (χ0n) is 12.6. The lowest BCUT2D eigenvalue weighted by Crippen LogP contribution is -2.36. The number of aromatic nitrogens is 1. The van der Waals surface area contributed by atoms with Crippen LogP contribution < -0.4 is 10.6 Å². The highest BCUT2D eigenvalue weighted by molar-refractivity contribution is 14.0. The highest BCUT2D eigenvalue weighted by Crippen LogP contribution is 2.12. The van der Waals surface area contributed by atoms with E-state index in [1.165, 1.54) is 6.07 Å². The normalized spacial score (nSPS) is 10.6. The van der Waals surface area contributed by atoms with Crippen molar-refractivity contribution in [1.82, 2.24) is 15.6 Å². The zero-order chi connectivity index (χ0) is 15.8. The monoisotopic (exact) mass is 427 g/mol. The van der Waals surface area contributed by atoms with E-state index in [2.05, 4.69) is 20.6 Å². The lowest BCUT2D eigenvalue weighted by molar-refractivity contribution is -0.384. The average molecular weight is 427 g/mol. The Morgan fingerprint density at radius 1 is 1.22 bits per heavy atom. The molecule has 0 aliphatic heterocycles. The molecule has 2 rings (SSSR count). The van der Waals surface area contributed by atoms with Crippen LogP contribution in [0.3, 0.4) is 0 Å². The third kappa shape index (κ3) is 6.19. The maximum atomic E-state index is 10.7. The molecule has 0 radical (unpaired) electrons. The standard InChI is InChI=1S/C15H17N5O2.HI/c1-16-15(19-11-13-6-2-3-8-17-13)18-10-12-5-4-7-14(9-12)20(21)22;/h2-9H,10-11H2,1H3,(H2,16,18,19);1H. The van der Waals surface area contributed by atoms with Crippen LogP contribution in [0.1, 0.15) is 11.3 Å². The second kappa shape index (κ2) is 9.72. The van der Waals surface area contributed by atoms with Crippen molar-refractivity contribution < 1.29 is 4.92 Å². The first-order chi connectivity index (χ1) is 10.7. The van der Waals surface area contributed by atoms with Gasteiger partial charge in [-0.05, 0) is 17.7 Å². The lowest BCUT2D eigenvalue weighted by atomic mass is 10.2. The fourth-order valence-corrected chi connectivity index (χ4v) is 1.86. The molecule has 0 saturated carbocycles. The molecule has 0 aliphatic carbocycles. The summed E-state index contributed by atoms with van der Waals surface area (Å²) in [6, 6.07) is 12.2. The Morgan fingerprint density at radius 2 is 2.00 bits per heavy atom. The van der Waals surface area contributed by atoms with Crippen molar-refractivity contribution >= 4 is 35.6 Å². The maximum Gasteiger partial charge on any atom is 0.269 e. The molecule has 7 nitrogen and oxygen atoms in total. The summed E-state index contributed by atoms with van der Waals surface area (Å²) in [7, 11) is 1.67. The largest absolute Gasteiger partial charge is 0.352 e. The van der Waals surface area contributed by atoms with E-state index in [9.17, 15) is 10.1 Å². The minimum Gasteiger partial charge on any atom is -0.352 e. The van der Waals surface area contributed by atoms with Crippen molar-refractivity contribution in [1.29, 1.82) is 0 Å². The second-order valence-corrected chi connectivity index (χ2v) is 4.53. The average Bonchev–Trinajstić information content (AvgIpc) is 2.56. The van der Waals surface area contributed by atoms with E-state index >= 15 is 0 Å². The molecule has 0 fully saturated rings. The number of aliphatic imine (C=N–C) groups is 1. The molecule has 0 aliphatic rings. The highest BCUT2D eigenvalue weighted by atomic mass is 127. The molecule has 0 spiro atoms. The molecule has 0 saturated heterocycles. The van der Waals surface area contributed by atoms with Crippen LogP contribution in [-0.2, 0) is 13.1 Å². The van der Waals surface area contributed by atoms with Crippen molar-refractivity contribution in [3.05, 3.63) is 70.0 Å². The van der Waals surface area contributed by atoms with Crippen LogP contribution in [0.2, 0.25) is 0 Å². The first-order valence-corrected chi connectivity index (χ1v) is 6.77. The molecule has 2 aromatic rings. The van der Waals surface area contributed by atoms with Gasteiger partial charge in [-0.25, -0.2) is 0 Å². The number of rotatable bonds is 5. The van der Waals surface area contributed by atoms with Crippen LogP contribution in [0.25, 0.3) is 0 Å². The molecule has 122 valence electrons. The number of nitro benzene ring substituents is 1. The zero-order valence-corrected chi connectivity index (χ0v) is 14.9. The van der Waals surface area contributed by atoms with E-state index in [0.29, 0.717) is 19.0 Å². The predicted molar refractivity (Wildman–Crippen MR) is 99.8 cm³/mol. The van der Waals surface area contributed by atoms with Crippen LogP contribution in [-0.4, -0.2) is 22.9 Å². The Balaban J connectivity index is 0.00000264. The number of hydrogen-bond acceptors (Lipinski definition) is 4. The number of non-ortho nitro benzene ring substituents is 1. The highest BCUT2D eigenvalue weighted by Gasteiger charge is 2.06. The summed E-state index contributed by atoms with van der Waals surface area (Å²) in [4.78, 5) is 18.7. The third-order valence-electron chi connectivity index (χ3n) is 2.97. The number of benzene rings is 1. The van der Waals surface area contributed by atoms with Crippen LogP contribution >= 0.6 is 24.0 Å². The van der Waals surface area contributed by atoms with Crippen LogP contribution in [0.5, 0.6) is 0 Å². The Kier molecular flexibility index (Phi) is 7.95. The molecule has 1 heterocycles. The summed E-state index contributed by atoms with van der Waals surface area (Å²) in [5.41, 5.74) is 1.80. The van der Waals surface area contributed by atoms with Gasteiger partial charge in [0.2, 0.25) is 0 Å². The van der Waals surface area contributed by atoms with Crippen LogP contribution in [0.15, 0.2) is 53.7 Å². The summed E-state index contributed by atoms with van der Waals surface area (Å²) >= 11 is 0. The fourth-order valence-electron chi connectivity index (χ4n) is 1.86. The molecule has 0 amide bonds. The molecule has 2 N–H and O–H groups in total. The van der Waals surface area contributed by atoms with Crippen LogP contribution in [0, 0.1) is 10.1 Å². The SMILES string of the molecule is CN=C(NCc1cccc([N+](=O)[O-])c1)NCc1ccccn1.I. The van der Waals surface area contributed by atoms with E-state index in [1.54, 1.807) is 25.4 Å². The third-order valence-corrected chi connectivity index (χ3v) is 2.97. The quantitative estimate of drug-likeness (QED) is 0.252. The Morgan fingerprint density at radius 3 is 2.65 bits per heavy atom. The molecular weight excluding hydrogens is 409 g/mol. The van der Waals surface area contributed by atoms with Crippen molar-refractivity contribution in [2.45, 2.75) is 13.1 Å². The van der Waals surface area contributed by atoms with E-state index < -0.39 is 4.92 Å². The van der Waals surface area contributed by atoms with Crippen molar-refractivity contribution in [2.24, 2.45) is 4.99 Å². The smallest absolute Gasteiger partial charge is 0.269 e. The number of halogens is 1. The molecule has 8 heteroatoms. The minimum atomic E-state index is -0.405. The van der Waals surface area contributed by atoms with Crippen LogP contribution in [0.4, 0.5) is 5.69 Å². The van der Waals surface area contributed by atoms with Gasteiger partial charge in [-0.1, -0.05) is 18.2 Å². The first-order valence-electron chi connectivity index (χ1n) is 6.77. The Hall–Kier alpha value is -2.23. The molecule has 1 aromatic carbocycles. The number of pyridine rings is 1. The van der Waals surface area contributed by atoms with Gasteiger partial charge in [0.15, 0.2) is 5.96 Å². The summed E-state index contributed by atoms with van der Waals surface area (Å²) < 4.78 is 0. The van der Waals surface area contributed by atoms with Gasteiger partial charge in [-0.15, -0.1) is 24.0 Å². The topological polar surface area (TPSA) is 92.5 Å². The predicted octanol–water partition coefficient (Wildman–Crippen LogP) is 2.47. The van der Waals surface area contributed by atoms with Crippen molar-refractivity contribution in [2.75, 3.05) is 7.05 Å². The van der Waals surface area contributed by atoms with E-state index in [-0.39, 0.29) is 29.7 Å². The van der Waals surface area contributed by atoms with Crippen molar-refractivity contribution in [3.8, 4) is 0 Å². The summed E-state index contributed by atoms with van der Waals surface area (Å²) in [5, 5.41) is 17.0.